The topological polar surface area (TPSA) is 59.8 Å². The van der Waals surface area contributed by atoms with Gasteiger partial charge >= 0.3 is 6.18 Å². The Morgan fingerprint density at radius 1 is 1.19 bits per heavy atom. The van der Waals surface area contributed by atoms with E-state index >= 15 is 0 Å². The highest BCUT2D eigenvalue weighted by molar-refractivity contribution is 6.00. The molecule has 166 valence electrons. The van der Waals surface area contributed by atoms with Crippen molar-refractivity contribution >= 4 is 5.78 Å². The van der Waals surface area contributed by atoms with E-state index < -0.39 is 17.2 Å². The number of aromatic nitrogens is 3. The minimum Gasteiger partial charge on any atom is -0.316 e. The summed E-state index contributed by atoms with van der Waals surface area (Å²) in [6.45, 7) is 1.09. The quantitative estimate of drug-likeness (QED) is 0.490. The number of alkyl halides is 3. The zero-order valence-corrected chi connectivity index (χ0v) is 17.0. The SMILES string of the molecule is O=C(c1cc(C(F)(F)F)ccn1)[C@@]12CNCCC1Cc1c(cnn1-c1ccc(F)cc1)C2. The van der Waals surface area contributed by atoms with Gasteiger partial charge in [0.25, 0.3) is 0 Å². The van der Waals surface area contributed by atoms with E-state index in [0.29, 0.717) is 25.8 Å². The van der Waals surface area contributed by atoms with Crippen LogP contribution >= 0.6 is 0 Å². The number of hydrogen-bond acceptors (Lipinski definition) is 4. The summed E-state index contributed by atoms with van der Waals surface area (Å²) in [5, 5.41) is 7.72. The van der Waals surface area contributed by atoms with E-state index in [1.54, 1.807) is 23.0 Å². The number of halogens is 4. The Kier molecular flexibility index (Phi) is 4.88. The third-order valence-electron chi connectivity index (χ3n) is 6.64. The third-order valence-corrected chi connectivity index (χ3v) is 6.64. The third kappa shape index (κ3) is 3.40. The summed E-state index contributed by atoms with van der Waals surface area (Å²) in [6, 6.07) is 7.74. The lowest BCUT2D eigenvalue weighted by Gasteiger charge is -2.46. The summed E-state index contributed by atoms with van der Waals surface area (Å²) < 4.78 is 54.7. The molecule has 9 heteroatoms. The normalized spacial score (nSPS) is 22.8. The standard InChI is InChI=1S/C23H20F4N4O/c24-17-1-3-18(4-2-17)31-20-10-15-5-7-28-13-22(15,11-14(20)12-30-31)21(32)19-9-16(6-8-29-19)23(25,26)27/h1-4,6,8-9,12,15,28H,5,7,10-11,13H2/t15?,22-/m0/s1. The van der Waals surface area contributed by atoms with Crippen molar-refractivity contribution in [2.75, 3.05) is 13.1 Å². The number of benzene rings is 1. The lowest BCUT2D eigenvalue weighted by atomic mass is 9.60. The number of ketones is 1. The van der Waals surface area contributed by atoms with Crippen molar-refractivity contribution in [1.82, 2.24) is 20.1 Å². The number of carbonyl (C=O) groups is 1. The second-order valence-electron chi connectivity index (χ2n) is 8.46. The van der Waals surface area contributed by atoms with Gasteiger partial charge in [-0.15, -0.1) is 0 Å². The zero-order chi connectivity index (χ0) is 22.5. The van der Waals surface area contributed by atoms with Crippen LogP contribution in [0.2, 0.25) is 0 Å². The van der Waals surface area contributed by atoms with E-state index in [9.17, 15) is 22.4 Å². The molecule has 1 N–H and O–H groups in total. The molecule has 3 heterocycles. The van der Waals surface area contributed by atoms with Crippen LogP contribution in [0.5, 0.6) is 0 Å². The van der Waals surface area contributed by atoms with Crippen LogP contribution < -0.4 is 5.32 Å². The van der Waals surface area contributed by atoms with Crippen molar-refractivity contribution in [2.24, 2.45) is 11.3 Å². The fraction of sp³-hybridized carbons (Fsp3) is 0.348. The van der Waals surface area contributed by atoms with Crippen molar-refractivity contribution < 1.29 is 22.4 Å². The minimum absolute atomic E-state index is 0.0732. The predicted molar refractivity (Wildman–Crippen MR) is 108 cm³/mol. The summed E-state index contributed by atoms with van der Waals surface area (Å²) in [5.41, 5.74) is 0.605. The summed E-state index contributed by atoms with van der Waals surface area (Å²) in [7, 11) is 0. The highest BCUT2D eigenvalue weighted by atomic mass is 19.4. The molecular weight excluding hydrogens is 424 g/mol. The fourth-order valence-electron chi connectivity index (χ4n) is 5.00. The van der Waals surface area contributed by atoms with E-state index in [0.717, 1.165) is 41.8 Å². The number of piperidine rings is 1. The number of nitrogens with one attached hydrogen (secondary N) is 1. The van der Waals surface area contributed by atoms with Gasteiger partial charge in [0.05, 0.1) is 22.9 Å². The van der Waals surface area contributed by atoms with Crippen LogP contribution in [0.4, 0.5) is 17.6 Å². The second-order valence-corrected chi connectivity index (χ2v) is 8.46. The smallest absolute Gasteiger partial charge is 0.316 e. The second kappa shape index (κ2) is 7.51. The molecule has 0 bridgehead atoms. The van der Waals surface area contributed by atoms with Crippen molar-refractivity contribution in [3.8, 4) is 5.69 Å². The van der Waals surface area contributed by atoms with Crippen LogP contribution in [0.15, 0.2) is 48.8 Å². The van der Waals surface area contributed by atoms with Gasteiger partial charge < -0.3 is 5.32 Å². The molecule has 0 spiro atoms. The zero-order valence-electron chi connectivity index (χ0n) is 17.0. The molecule has 5 rings (SSSR count). The van der Waals surface area contributed by atoms with Crippen LogP contribution in [-0.2, 0) is 19.0 Å². The number of hydrogen-bond donors (Lipinski definition) is 1. The van der Waals surface area contributed by atoms with Gasteiger partial charge in [0.2, 0.25) is 0 Å². The largest absolute Gasteiger partial charge is 0.416 e. The molecule has 1 fully saturated rings. The van der Waals surface area contributed by atoms with E-state index in [2.05, 4.69) is 15.4 Å². The molecule has 2 aliphatic rings. The molecule has 0 amide bonds. The van der Waals surface area contributed by atoms with Crippen molar-refractivity contribution in [3.05, 3.63) is 77.1 Å². The van der Waals surface area contributed by atoms with Gasteiger partial charge in [-0.25, -0.2) is 9.07 Å². The highest BCUT2D eigenvalue weighted by Crippen LogP contribution is 2.46. The summed E-state index contributed by atoms with van der Waals surface area (Å²) in [6.07, 6.45) is -0.192. The molecule has 3 aromatic rings. The van der Waals surface area contributed by atoms with Crippen molar-refractivity contribution in [3.63, 3.8) is 0 Å². The molecule has 1 aliphatic heterocycles. The molecule has 32 heavy (non-hydrogen) atoms. The fourth-order valence-corrected chi connectivity index (χ4v) is 5.00. The first-order valence-corrected chi connectivity index (χ1v) is 10.4. The molecule has 1 unspecified atom stereocenters. The molecule has 1 aliphatic carbocycles. The van der Waals surface area contributed by atoms with Crippen LogP contribution in [0, 0.1) is 17.2 Å². The molecule has 5 nitrogen and oxygen atoms in total. The van der Waals surface area contributed by atoms with Gasteiger partial charge in [0.1, 0.15) is 11.5 Å². The molecule has 2 atom stereocenters. The van der Waals surface area contributed by atoms with E-state index in [1.807, 2.05) is 0 Å². The Bertz CT molecular complexity index is 1170. The molecule has 1 aromatic carbocycles. The van der Waals surface area contributed by atoms with Crippen LogP contribution in [-0.4, -0.2) is 33.6 Å². The number of carbonyl (C=O) groups excluding carboxylic acids is 1. The van der Waals surface area contributed by atoms with E-state index in [4.69, 9.17) is 0 Å². The predicted octanol–water partition coefficient (Wildman–Crippen LogP) is 4.00. The van der Waals surface area contributed by atoms with Gasteiger partial charge in [0, 0.05) is 18.4 Å². The molecule has 0 saturated carbocycles. The summed E-state index contributed by atoms with van der Waals surface area (Å²) in [4.78, 5) is 17.6. The first-order chi connectivity index (χ1) is 15.3. The van der Waals surface area contributed by atoms with E-state index in [1.165, 1.54) is 12.1 Å². The van der Waals surface area contributed by atoms with Crippen molar-refractivity contribution in [2.45, 2.75) is 25.4 Å². The van der Waals surface area contributed by atoms with Gasteiger partial charge in [0.15, 0.2) is 5.78 Å². The van der Waals surface area contributed by atoms with E-state index in [-0.39, 0.29) is 23.2 Å². The highest BCUT2D eigenvalue weighted by Gasteiger charge is 2.51. The maximum Gasteiger partial charge on any atom is 0.416 e. The maximum absolute atomic E-state index is 13.6. The Morgan fingerprint density at radius 3 is 2.72 bits per heavy atom. The number of fused-ring (bicyclic) bond motifs is 2. The summed E-state index contributed by atoms with van der Waals surface area (Å²) in [5.74, 6) is -0.789. The van der Waals surface area contributed by atoms with Gasteiger partial charge in [-0.1, -0.05) is 0 Å². The Balaban J connectivity index is 1.54. The number of rotatable bonds is 3. The average Bonchev–Trinajstić information content (AvgIpc) is 3.19. The number of pyridine rings is 1. The molecular formula is C23H20F4N4O. The average molecular weight is 444 g/mol. The summed E-state index contributed by atoms with van der Waals surface area (Å²) >= 11 is 0. The van der Waals surface area contributed by atoms with Crippen molar-refractivity contribution in [1.29, 1.82) is 0 Å². The molecule has 1 saturated heterocycles. The lowest BCUT2D eigenvalue weighted by molar-refractivity contribution is -0.137. The Labute approximate surface area is 181 Å². The van der Waals surface area contributed by atoms with Crippen LogP contribution in [0.1, 0.15) is 33.7 Å². The number of Topliss-reactive ketones (excluding diaryl/α,β-unsaturated/α-hetero) is 1. The minimum atomic E-state index is -4.55. The lowest BCUT2D eigenvalue weighted by Crippen LogP contribution is -2.55. The Morgan fingerprint density at radius 2 is 1.97 bits per heavy atom. The van der Waals surface area contributed by atoms with Crippen LogP contribution in [0.3, 0.4) is 0 Å². The Hall–Kier alpha value is -3.07. The molecule has 0 radical (unpaired) electrons. The van der Waals surface area contributed by atoms with Gasteiger partial charge in [-0.05, 0) is 73.7 Å². The van der Waals surface area contributed by atoms with Crippen LogP contribution in [0.25, 0.3) is 5.69 Å². The molecule has 2 aromatic heterocycles. The first-order valence-electron chi connectivity index (χ1n) is 10.4. The maximum atomic E-state index is 13.6. The first kappa shape index (κ1) is 20.8. The monoisotopic (exact) mass is 444 g/mol. The van der Waals surface area contributed by atoms with Gasteiger partial charge in [-0.3, -0.25) is 9.78 Å². The number of nitrogens with zero attached hydrogens (tertiary/aromatic N) is 3. The van der Waals surface area contributed by atoms with Gasteiger partial charge in [-0.2, -0.15) is 18.3 Å².